The van der Waals surface area contributed by atoms with Gasteiger partial charge in [0.25, 0.3) is 0 Å². The second kappa shape index (κ2) is 6.35. The Bertz CT molecular complexity index is 738. The number of pyridine rings is 2. The van der Waals surface area contributed by atoms with Crippen LogP contribution in [0.2, 0.25) is 0 Å². The molecule has 2 aromatic heterocycles. The van der Waals surface area contributed by atoms with Crippen LogP contribution < -0.4 is 9.64 Å². The maximum Gasteiger partial charge on any atom is 0.417 e. The highest BCUT2D eigenvalue weighted by atomic mass is 19.4. The summed E-state index contributed by atoms with van der Waals surface area (Å²) >= 11 is 0. The number of anilines is 1. The number of halogens is 3. The van der Waals surface area contributed by atoms with Gasteiger partial charge in [-0.25, -0.2) is 9.97 Å². The minimum absolute atomic E-state index is 0.162. The third-order valence-corrected chi connectivity index (χ3v) is 3.72. The van der Waals surface area contributed by atoms with Crippen LogP contribution in [0.1, 0.15) is 17.7 Å². The van der Waals surface area contributed by atoms with Gasteiger partial charge in [-0.05, 0) is 18.2 Å². The van der Waals surface area contributed by atoms with Crippen molar-refractivity contribution in [1.29, 1.82) is 5.26 Å². The Labute approximate surface area is 136 Å². The minimum atomic E-state index is -4.40. The maximum absolute atomic E-state index is 12.5. The van der Waals surface area contributed by atoms with Crippen molar-refractivity contribution in [3.63, 3.8) is 0 Å². The van der Waals surface area contributed by atoms with E-state index in [0.29, 0.717) is 12.2 Å². The van der Waals surface area contributed by atoms with Crippen molar-refractivity contribution in [2.24, 2.45) is 0 Å². The molecule has 1 saturated heterocycles. The summed E-state index contributed by atoms with van der Waals surface area (Å²) in [5, 5.41) is 8.75. The predicted octanol–water partition coefficient (Wildman–Crippen LogP) is 3.02. The molecular formula is C16H13F3N4O. The van der Waals surface area contributed by atoms with E-state index in [4.69, 9.17) is 10.00 Å². The van der Waals surface area contributed by atoms with E-state index in [1.54, 1.807) is 12.3 Å². The van der Waals surface area contributed by atoms with E-state index in [-0.39, 0.29) is 12.0 Å². The zero-order chi connectivity index (χ0) is 17.2. The number of alkyl halides is 3. The average Bonchev–Trinajstić information content (AvgIpc) is 3.03. The summed E-state index contributed by atoms with van der Waals surface area (Å²) in [7, 11) is 0. The number of hydrogen-bond donors (Lipinski definition) is 0. The largest absolute Gasteiger partial charge is 0.472 e. The molecule has 24 heavy (non-hydrogen) atoms. The van der Waals surface area contributed by atoms with Crippen LogP contribution in [0, 0.1) is 11.3 Å². The topological polar surface area (TPSA) is 62.0 Å². The molecule has 3 rings (SSSR count). The zero-order valence-corrected chi connectivity index (χ0v) is 12.5. The lowest BCUT2D eigenvalue weighted by Crippen LogP contribution is -2.24. The summed E-state index contributed by atoms with van der Waals surface area (Å²) in [6.45, 7) is 1.31. The highest BCUT2D eigenvalue weighted by molar-refractivity contribution is 5.47. The molecule has 5 nitrogen and oxygen atoms in total. The Kier molecular flexibility index (Phi) is 4.25. The number of aromatic nitrogens is 2. The van der Waals surface area contributed by atoms with E-state index in [2.05, 4.69) is 9.97 Å². The standard InChI is InChI=1S/C16H13F3N4O/c17-16(18,19)11-1-4-15(22-8-11)24-14-5-6-23(10-14)13-3-2-12(7-20)21-9-13/h1-4,8-9,14H,5-6,10H2/t14-/m1/s1. The molecule has 2 aromatic rings. The van der Waals surface area contributed by atoms with Crippen LogP contribution in [-0.2, 0) is 6.18 Å². The summed E-state index contributed by atoms with van der Waals surface area (Å²) in [6.07, 6.45) is -1.45. The molecule has 1 fully saturated rings. The smallest absolute Gasteiger partial charge is 0.417 e. The molecule has 0 amide bonds. The van der Waals surface area contributed by atoms with Crippen LogP contribution in [0.15, 0.2) is 36.7 Å². The van der Waals surface area contributed by atoms with E-state index in [1.807, 2.05) is 17.0 Å². The molecule has 124 valence electrons. The molecular weight excluding hydrogens is 321 g/mol. The zero-order valence-electron chi connectivity index (χ0n) is 12.5. The molecule has 1 aliphatic heterocycles. The molecule has 1 aliphatic rings. The Balaban J connectivity index is 1.60. The summed E-state index contributed by atoms with van der Waals surface area (Å²) in [5.41, 5.74) is 0.423. The second-order valence-electron chi connectivity index (χ2n) is 5.37. The lowest BCUT2D eigenvalue weighted by Gasteiger charge is -2.18. The number of nitrogens with zero attached hydrogens (tertiary/aromatic N) is 4. The molecule has 0 aromatic carbocycles. The van der Waals surface area contributed by atoms with Gasteiger partial charge in [0, 0.05) is 25.2 Å². The van der Waals surface area contributed by atoms with Crippen molar-refractivity contribution in [2.75, 3.05) is 18.0 Å². The predicted molar refractivity (Wildman–Crippen MR) is 79.4 cm³/mol. The molecule has 0 aliphatic carbocycles. The van der Waals surface area contributed by atoms with E-state index in [0.717, 1.165) is 30.9 Å². The third-order valence-electron chi connectivity index (χ3n) is 3.72. The van der Waals surface area contributed by atoms with Crippen molar-refractivity contribution in [3.8, 4) is 11.9 Å². The summed E-state index contributed by atoms with van der Waals surface area (Å²) < 4.78 is 43.2. The summed E-state index contributed by atoms with van der Waals surface area (Å²) in [5.74, 6) is 0.174. The molecule has 0 radical (unpaired) electrons. The second-order valence-corrected chi connectivity index (χ2v) is 5.37. The lowest BCUT2D eigenvalue weighted by atomic mass is 10.3. The van der Waals surface area contributed by atoms with Gasteiger partial charge in [-0.3, -0.25) is 0 Å². The molecule has 8 heteroatoms. The van der Waals surface area contributed by atoms with Gasteiger partial charge in [-0.2, -0.15) is 18.4 Å². The monoisotopic (exact) mass is 334 g/mol. The van der Waals surface area contributed by atoms with Crippen molar-refractivity contribution >= 4 is 5.69 Å². The van der Waals surface area contributed by atoms with Gasteiger partial charge in [0.1, 0.15) is 17.9 Å². The summed E-state index contributed by atoms with van der Waals surface area (Å²) in [4.78, 5) is 9.79. The highest BCUT2D eigenvalue weighted by Gasteiger charge is 2.31. The number of rotatable bonds is 3. The molecule has 3 heterocycles. The fraction of sp³-hybridized carbons (Fsp3) is 0.312. The molecule has 0 saturated carbocycles. The first-order valence-electron chi connectivity index (χ1n) is 7.27. The molecule has 1 atom stereocenters. The Morgan fingerprint density at radius 2 is 2.00 bits per heavy atom. The fourth-order valence-electron chi connectivity index (χ4n) is 2.49. The van der Waals surface area contributed by atoms with Crippen LogP contribution >= 0.6 is 0 Å². The maximum atomic E-state index is 12.5. The van der Waals surface area contributed by atoms with Gasteiger partial charge in [0.15, 0.2) is 0 Å². The first kappa shape index (κ1) is 16.1. The Morgan fingerprint density at radius 3 is 2.58 bits per heavy atom. The van der Waals surface area contributed by atoms with Gasteiger partial charge < -0.3 is 9.64 Å². The lowest BCUT2D eigenvalue weighted by molar-refractivity contribution is -0.137. The van der Waals surface area contributed by atoms with E-state index >= 15 is 0 Å². The molecule has 0 unspecified atom stereocenters. The van der Waals surface area contributed by atoms with Crippen molar-refractivity contribution in [2.45, 2.75) is 18.7 Å². The molecule has 0 bridgehead atoms. The van der Waals surface area contributed by atoms with Crippen LogP contribution in [0.5, 0.6) is 5.88 Å². The van der Waals surface area contributed by atoms with E-state index in [1.165, 1.54) is 6.07 Å². The van der Waals surface area contributed by atoms with Crippen LogP contribution in [0.25, 0.3) is 0 Å². The third kappa shape index (κ3) is 3.56. The van der Waals surface area contributed by atoms with Gasteiger partial charge >= 0.3 is 6.18 Å². The van der Waals surface area contributed by atoms with Gasteiger partial charge in [0.05, 0.1) is 24.0 Å². The van der Waals surface area contributed by atoms with E-state index < -0.39 is 11.7 Å². The highest BCUT2D eigenvalue weighted by Crippen LogP contribution is 2.29. The average molecular weight is 334 g/mol. The SMILES string of the molecule is N#Cc1ccc(N2CC[C@@H](Oc3ccc(C(F)(F)F)cn3)C2)cn1. The first-order chi connectivity index (χ1) is 11.5. The number of ether oxygens (including phenoxy) is 1. The molecule has 0 spiro atoms. The van der Waals surface area contributed by atoms with Crippen molar-refractivity contribution in [3.05, 3.63) is 47.9 Å². The fourth-order valence-corrected chi connectivity index (χ4v) is 2.49. The van der Waals surface area contributed by atoms with Crippen molar-refractivity contribution < 1.29 is 17.9 Å². The number of hydrogen-bond acceptors (Lipinski definition) is 5. The Morgan fingerprint density at radius 1 is 1.17 bits per heavy atom. The quantitative estimate of drug-likeness (QED) is 0.863. The molecule has 0 N–H and O–H groups in total. The van der Waals surface area contributed by atoms with E-state index in [9.17, 15) is 13.2 Å². The van der Waals surface area contributed by atoms with Gasteiger partial charge in [-0.1, -0.05) is 0 Å². The van der Waals surface area contributed by atoms with Crippen LogP contribution in [0.3, 0.4) is 0 Å². The normalized spacial score (nSPS) is 17.6. The van der Waals surface area contributed by atoms with Crippen LogP contribution in [-0.4, -0.2) is 29.2 Å². The van der Waals surface area contributed by atoms with Crippen molar-refractivity contribution in [1.82, 2.24) is 9.97 Å². The van der Waals surface area contributed by atoms with Crippen LogP contribution in [0.4, 0.5) is 18.9 Å². The van der Waals surface area contributed by atoms with Gasteiger partial charge in [0.2, 0.25) is 5.88 Å². The summed E-state index contributed by atoms with van der Waals surface area (Å²) in [6, 6.07) is 7.60. The van der Waals surface area contributed by atoms with Gasteiger partial charge in [-0.15, -0.1) is 0 Å². The number of nitriles is 1. The minimum Gasteiger partial charge on any atom is -0.472 e. The Hall–Kier alpha value is -2.82. The first-order valence-corrected chi connectivity index (χ1v) is 7.27.